The van der Waals surface area contributed by atoms with Crippen LogP contribution in [0, 0.1) is 0 Å². The molecule has 0 aromatic heterocycles. The van der Waals surface area contributed by atoms with Crippen molar-refractivity contribution in [2.45, 2.75) is 38.6 Å². The minimum atomic E-state index is -0.900. The third kappa shape index (κ3) is 5.95. The molecule has 2 N–H and O–H groups in total. The van der Waals surface area contributed by atoms with Crippen molar-refractivity contribution in [3.63, 3.8) is 0 Å². The van der Waals surface area contributed by atoms with Crippen molar-refractivity contribution < 1.29 is 24.2 Å². The van der Waals surface area contributed by atoms with Gasteiger partial charge in [-0.05, 0) is 37.9 Å². The van der Waals surface area contributed by atoms with Gasteiger partial charge < -0.3 is 20.1 Å². The zero-order valence-corrected chi connectivity index (χ0v) is 16.5. The lowest BCUT2D eigenvalue weighted by Crippen LogP contribution is -2.50. The molecular formula is C20H29N3O5. The monoisotopic (exact) mass is 391 g/mol. The summed E-state index contributed by atoms with van der Waals surface area (Å²) in [6, 6.07) is 6.43. The van der Waals surface area contributed by atoms with Crippen LogP contribution < -0.4 is 10.1 Å². The molecule has 0 bridgehead atoms. The third-order valence-corrected chi connectivity index (χ3v) is 4.80. The molecule has 1 aliphatic heterocycles. The van der Waals surface area contributed by atoms with E-state index in [0.717, 1.165) is 12.8 Å². The Bertz CT molecular complexity index is 694. The summed E-state index contributed by atoms with van der Waals surface area (Å²) in [4.78, 5) is 39.9. The smallest absolute Gasteiger partial charge is 0.320 e. The number of likely N-dealkylation sites (tertiary alicyclic amines) is 1. The Kier molecular flexibility index (Phi) is 8.25. The molecule has 2 amide bonds. The SMILES string of the molecule is CCCN(CC(=O)Nc1ccccc1OC)C(=O)CN1CCCCC1C(=O)O. The van der Waals surface area contributed by atoms with Gasteiger partial charge in [0.1, 0.15) is 11.8 Å². The average molecular weight is 391 g/mol. The molecule has 1 fully saturated rings. The van der Waals surface area contributed by atoms with Gasteiger partial charge in [0.2, 0.25) is 11.8 Å². The topological polar surface area (TPSA) is 99.2 Å². The summed E-state index contributed by atoms with van der Waals surface area (Å²) in [5.74, 6) is -0.907. The van der Waals surface area contributed by atoms with Crippen LogP contribution in [0.3, 0.4) is 0 Å². The number of carboxylic acid groups (broad SMARTS) is 1. The summed E-state index contributed by atoms with van der Waals surface area (Å²) in [5.41, 5.74) is 0.542. The number of nitrogens with zero attached hydrogens (tertiary/aromatic N) is 2. The summed E-state index contributed by atoms with van der Waals surface area (Å²) in [7, 11) is 1.52. The number of hydrogen-bond acceptors (Lipinski definition) is 5. The van der Waals surface area contributed by atoms with Crippen LogP contribution in [-0.4, -0.2) is 72.0 Å². The van der Waals surface area contributed by atoms with Crippen molar-refractivity contribution in [2.75, 3.05) is 38.6 Å². The van der Waals surface area contributed by atoms with Crippen LogP contribution in [-0.2, 0) is 14.4 Å². The van der Waals surface area contributed by atoms with Crippen LogP contribution >= 0.6 is 0 Å². The Morgan fingerprint density at radius 2 is 2.04 bits per heavy atom. The molecule has 1 saturated heterocycles. The van der Waals surface area contributed by atoms with Crippen LogP contribution in [0.2, 0.25) is 0 Å². The molecule has 1 unspecified atom stereocenters. The van der Waals surface area contributed by atoms with Crippen LogP contribution in [0.1, 0.15) is 32.6 Å². The molecule has 1 heterocycles. The van der Waals surface area contributed by atoms with E-state index < -0.39 is 12.0 Å². The lowest BCUT2D eigenvalue weighted by Gasteiger charge is -2.34. The molecule has 8 heteroatoms. The largest absolute Gasteiger partial charge is 0.495 e. The highest BCUT2D eigenvalue weighted by molar-refractivity contribution is 5.96. The van der Waals surface area contributed by atoms with Crippen LogP contribution in [0.4, 0.5) is 5.69 Å². The number of anilines is 1. The molecule has 0 aliphatic carbocycles. The molecule has 8 nitrogen and oxygen atoms in total. The number of methoxy groups -OCH3 is 1. The van der Waals surface area contributed by atoms with Gasteiger partial charge >= 0.3 is 5.97 Å². The summed E-state index contributed by atoms with van der Waals surface area (Å²) in [6.07, 6.45) is 2.97. The first-order chi connectivity index (χ1) is 13.5. The van der Waals surface area contributed by atoms with E-state index in [9.17, 15) is 19.5 Å². The molecule has 1 atom stereocenters. The molecule has 0 spiro atoms. The lowest BCUT2D eigenvalue weighted by molar-refractivity contribution is -0.146. The fourth-order valence-corrected chi connectivity index (χ4v) is 3.41. The van der Waals surface area contributed by atoms with E-state index >= 15 is 0 Å². The van der Waals surface area contributed by atoms with E-state index in [1.54, 1.807) is 29.2 Å². The summed E-state index contributed by atoms with van der Waals surface area (Å²) in [5, 5.41) is 12.2. The number of benzene rings is 1. The number of aliphatic carboxylic acids is 1. The number of nitrogens with one attached hydrogen (secondary N) is 1. The van der Waals surface area contributed by atoms with E-state index in [1.807, 2.05) is 6.92 Å². The summed E-state index contributed by atoms with van der Waals surface area (Å²) < 4.78 is 5.22. The molecule has 2 rings (SSSR count). The number of carbonyl (C=O) groups is 3. The lowest BCUT2D eigenvalue weighted by atomic mass is 10.0. The number of rotatable bonds is 9. The Morgan fingerprint density at radius 1 is 1.29 bits per heavy atom. The van der Waals surface area contributed by atoms with Crippen LogP contribution in [0.5, 0.6) is 5.75 Å². The van der Waals surface area contributed by atoms with Crippen molar-refractivity contribution in [1.82, 2.24) is 9.80 Å². The van der Waals surface area contributed by atoms with Crippen molar-refractivity contribution in [2.24, 2.45) is 0 Å². The molecule has 0 saturated carbocycles. The fraction of sp³-hybridized carbons (Fsp3) is 0.550. The molecule has 154 valence electrons. The predicted molar refractivity (Wildman–Crippen MR) is 105 cm³/mol. The normalized spacial score (nSPS) is 17.0. The van der Waals surface area contributed by atoms with Crippen molar-refractivity contribution in [3.05, 3.63) is 24.3 Å². The highest BCUT2D eigenvalue weighted by atomic mass is 16.5. The maximum atomic E-state index is 12.8. The number of ether oxygens (including phenoxy) is 1. The quantitative estimate of drug-likeness (QED) is 0.666. The highest BCUT2D eigenvalue weighted by Crippen LogP contribution is 2.23. The number of carbonyl (C=O) groups excluding carboxylic acids is 2. The fourth-order valence-electron chi connectivity index (χ4n) is 3.41. The Hall–Kier alpha value is -2.61. The van der Waals surface area contributed by atoms with Gasteiger partial charge in [-0.15, -0.1) is 0 Å². The maximum absolute atomic E-state index is 12.8. The van der Waals surface area contributed by atoms with Crippen molar-refractivity contribution in [3.8, 4) is 5.75 Å². The van der Waals surface area contributed by atoms with E-state index in [2.05, 4.69) is 5.32 Å². The zero-order chi connectivity index (χ0) is 20.5. The van der Waals surface area contributed by atoms with Gasteiger partial charge in [-0.2, -0.15) is 0 Å². The van der Waals surface area contributed by atoms with Gasteiger partial charge in [-0.3, -0.25) is 19.3 Å². The van der Waals surface area contributed by atoms with Gasteiger partial charge in [0.15, 0.2) is 0 Å². The molecule has 1 aromatic carbocycles. The molecular weight excluding hydrogens is 362 g/mol. The van der Waals surface area contributed by atoms with Crippen LogP contribution in [0.25, 0.3) is 0 Å². The van der Waals surface area contributed by atoms with Crippen LogP contribution in [0.15, 0.2) is 24.3 Å². The third-order valence-electron chi connectivity index (χ3n) is 4.80. The molecule has 1 aromatic rings. The Labute approximate surface area is 165 Å². The predicted octanol–water partition coefficient (Wildman–Crippen LogP) is 1.81. The Balaban J connectivity index is 2.00. The first kappa shape index (κ1) is 21.7. The van der Waals surface area contributed by atoms with E-state index in [-0.39, 0.29) is 24.9 Å². The van der Waals surface area contributed by atoms with E-state index in [1.165, 1.54) is 12.0 Å². The Morgan fingerprint density at radius 3 is 2.71 bits per heavy atom. The zero-order valence-electron chi connectivity index (χ0n) is 16.5. The summed E-state index contributed by atoms with van der Waals surface area (Å²) in [6.45, 7) is 2.87. The number of hydrogen-bond donors (Lipinski definition) is 2. The van der Waals surface area contributed by atoms with Crippen molar-refractivity contribution >= 4 is 23.5 Å². The molecule has 28 heavy (non-hydrogen) atoms. The van der Waals surface area contributed by atoms with Crippen molar-refractivity contribution in [1.29, 1.82) is 0 Å². The van der Waals surface area contributed by atoms with Gasteiger partial charge in [0, 0.05) is 6.54 Å². The standard InChI is InChI=1S/C20H29N3O5/c1-3-11-23(13-18(24)21-15-8-4-5-10-17(15)28-2)19(25)14-22-12-7-6-9-16(22)20(26)27/h4-5,8,10,16H,3,6-7,9,11-14H2,1-2H3,(H,21,24)(H,26,27). The number of para-hydroxylation sites is 2. The minimum absolute atomic E-state index is 0.0128. The molecule has 0 radical (unpaired) electrons. The first-order valence-electron chi connectivity index (χ1n) is 9.63. The summed E-state index contributed by atoms with van der Waals surface area (Å²) >= 11 is 0. The second kappa shape index (κ2) is 10.7. The van der Waals surface area contributed by atoms with Gasteiger partial charge in [-0.1, -0.05) is 25.5 Å². The second-order valence-corrected chi connectivity index (χ2v) is 6.88. The van der Waals surface area contributed by atoms with Gasteiger partial charge in [-0.25, -0.2) is 0 Å². The van der Waals surface area contributed by atoms with E-state index in [4.69, 9.17) is 4.74 Å². The first-order valence-corrected chi connectivity index (χ1v) is 9.63. The minimum Gasteiger partial charge on any atom is -0.495 e. The average Bonchev–Trinajstić information content (AvgIpc) is 2.68. The van der Waals surface area contributed by atoms with Gasteiger partial charge in [0.05, 0.1) is 25.9 Å². The number of piperidine rings is 1. The molecule has 1 aliphatic rings. The maximum Gasteiger partial charge on any atom is 0.320 e. The van der Waals surface area contributed by atoms with E-state index in [0.29, 0.717) is 37.4 Å². The number of amides is 2. The highest BCUT2D eigenvalue weighted by Gasteiger charge is 2.31. The number of carboxylic acids is 1. The van der Waals surface area contributed by atoms with Gasteiger partial charge in [0.25, 0.3) is 0 Å². The second-order valence-electron chi connectivity index (χ2n) is 6.88.